The third-order valence-electron chi connectivity index (χ3n) is 3.61. The van der Waals surface area contributed by atoms with Crippen molar-refractivity contribution in [1.29, 1.82) is 0 Å². The van der Waals surface area contributed by atoms with Crippen molar-refractivity contribution in [2.24, 2.45) is 0 Å². The second-order valence-corrected chi connectivity index (χ2v) is 7.18. The molecule has 0 atom stereocenters. The molecule has 1 aromatic carbocycles. The molecule has 3 heteroatoms. The molecule has 102 valence electrons. The monoisotopic (exact) mass is 276 g/mol. The number of thioether (sulfide) groups is 1. The number of carbonyl (C=O) groups is 1. The highest BCUT2D eigenvalue weighted by Gasteiger charge is 2.41. The number of hydrogen-bond acceptors (Lipinski definition) is 3. The van der Waals surface area contributed by atoms with E-state index in [-0.39, 0.29) is 10.9 Å². The van der Waals surface area contributed by atoms with E-state index < -0.39 is 4.75 Å². The van der Waals surface area contributed by atoms with Crippen LogP contribution in [0.25, 0.3) is 5.57 Å². The molecule has 0 spiro atoms. The zero-order valence-corrected chi connectivity index (χ0v) is 12.9. The Kier molecular flexibility index (Phi) is 3.52. The van der Waals surface area contributed by atoms with Crippen LogP contribution in [0.4, 0.5) is 0 Å². The summed E-state index contributed by atoms with van der Waals surface area (Å²) < 4.78 is -0.519. The van der Waals surface area contributed by atoms with E-state index in [4.69, 9.17) is 0 Å². The van der Waals surface area contributed by atoms with Gasteiger partial charge in [0.2, 0.25) is 5.12 Å². The fraction of sp³-hybridized carbons (Fsp3) is 0.438. The summed E-state index contributed by atoms with van der Waals surface area (Å²) in [4.78, 5) is 12.2. The van der Waals surface area contributed by atoms with Crippen LogP contribution in [0.3, 0.4) is 0 Å². The summed E-state index contributed by atoms with van der Waals surface area (Å²) in [6.07, 6.45) is 0.973. The molecule has 0 fully saturated rings. The molecule has 0 saturated carbocycles. The van der Waals surface area contributed by atoms with Crippen LogP contribution >= 0.6 is 11.8 Å². The van der Waals surface area contributed by atoms with Crippen molar-refractivity contribution in [3.05, 3.63) is 40.1 Å². The van der Waals surface area contributed by atoms with Crippen LogP contribution < -0.4 is 0 Å². The summed E-state index contributed by atoms with van der Waals surface area (Å²) >= 11 is 1.20. The number of benzene rings is 1. The van der Waals surface area contributed by atoms with Crippen molar-refractivity contribution >= 4 is 22.5 Å². The molecule has 1 aliphatic rings. The van der Waals surface area contributed by atoms with Crippen LogP contribution in [0, 0.1) is 13.8 Å². The Bertz CT molecular complexity index is 559. The highest BCUT2D eigenvalue weighted by molar-refractivity contribution is 8.16. The minimum Gasteiger partial charge on any atom is -0.510 e. The maximum atomic E-state index is 12.2. The van der Waals surface area contributed by atoms with Gasteiger partial charge in [-0.15, -0.1) is 0 Å². The van der Waals surface area contributed by atoms with Crippen molar-refractivity contribution in [2.45, 2.75) is 45.8 Å². The molecule has 0 unspecified atom stereocenters. The van der Waals surface area contributed by atoms with E-state index in [1.54, 1.807) is 0 Å². The normalized spacial score (nSPS) is 18.3. The third-order valence-corrected chi connectivity index (χ3v) is 4.70. The molecular weight excluding hydrogens is 256 g/mol. The predicted octanol–water partition coefficient (Wildman–Crippen LogP) is 4.19. The first kappa shape index (κ1) is 14.2. The van der Waals surface area contributed by atoms with Crippen molar-refractivity contribution in [2.75, 3.05) is 0 Å². The van der Waals surface area contributed by atoms with Crippen LogP contribution in [0.5, 0.6) is 0 Å². The second kappa shape index (κ2) is 4.71. The number of hydrogen-bond donors (Lipinski definition) is 1. The lowest BCUT2D eigenvalue weighted by molar-refractivity contribution is -0.106. The predicted molar refractivity (Wildman–Crippen MR) is 81.5 cm³/mol. The Morgan fingerprint density at radius 2 is 1.74 bits per heavy atom. The quantitative estimate of drug-likeness (QED) is 0.880. The van der Waals surface area contributed by atoms with Crippen molar-refractivity contribution < 1.29 is 9.90 Å². The summed E-state index contributed by atoms with van der Waals surface area (Å²) in [5, 5.41) is 10.3. The van der Waals surface area contributed by atoms with Gasteiger partial charge in [0.05, 0.1) is 10.3 Å². The lowest BCUT2D eigenvalue weighted by atomic mass is 9.91. The van der Waals surface area contributed by atoms with Crippen LogP contribution in [-0.4, -0.2) is 15.0 Å². The Morgan fingerprint density at radius 1 is 1.21 bits per heavy atom. The first-order chi connectivity index (χ1) is 8.77. The SMILES string of the molecule is CCc1cc(C)c(C2=C(O)C(C)(C)SC2=O)c(C)c1. The smallest absolute Gasteiger partial charge is 0.224 e. The topological polar surface area (TPSA) is 37.3 Å². The van der Waals surface area contributed by atoms with Crippen molar-refractivity contribution in [1.82, 2.24) is 0 Å². The van der Waals surface area contributed by atoms with Gasteiger partial charge in [-0.25, -0.2) is 0 Å². The fourth-order valence-electron chi connectivity index (χ4n) is 2.60. The molecule has 0 aliphatic carbocycles. The summed E-state index contributed by atoms with van der Waals surface area (Å²) in [6, 6.07) is 4.21. The molecule has 2 rings (SSSR count). The van der Waals surface area contributed by atoms with Gasteiger partial charge in [0, 0.05) is 0 Å². The molecule has 0 saturated heterocycles. The van der Waals surface area contributed by atoms with Gasteiger partial charge in [-0.1, -0.05) is 30.8 Å². The number of aryl methyl sites for hydroxylation is 3. The molecule has 2 nitrogen and oxygen atoms in total. The summed E-state index contributed by atoms with van der Waals surface area (Å²) in [5.74, 6) is 0.206. The van der Waals surface area contributed by atoms with Gasteiger partial charge in [-0.2, -0.15) is 0 Å². The average molecular weight is 276 g/mol. The fourth-order valence-corrected chi connectivity index (χ4v) is 3.56. The van der Waals surface area contributed by atoms with E-state index in [9.17, 15) is 9.90 Å². The molecule has 0 bridgehead atoms. The van der Waals surface area contributed by atoms with Gasteiger partial charge < -0.3 is 5.11 Å². The van der Waals surface area contributed by atoms with Gasteiger partial charge in [0.1, 0.15) is 5.76 Å². The number of aliphatic hydroxyl groups excluding tert-OH is 1. The molecule has 0 radical (unpaired) electrons. The molecule has 1 aromatic rings. The third kappa shape index (κ3) is 2.32. The van der Waals surface area contributed by atoms with E-state index in [1.165, 1.54) is 17.3 Å². The second-order valence-electron chi connectivity index (χ2n) is 5.58. The maximum Gasteiger partial charge on any atom is 0.224 e. The molecule has 1 heterocycles. The molecule has 19 heavy (non-hydrogen) atoms. The number of rotatable bonds is 2. The minimum atomic E-state index is -0.519. The van der Waals surface area contributed by atoms with Gasteiger partial charge in [0.15, 0.2) is 0 Å². The maximum absolute atomic E-state index is 12.2. The molecular formula is C16H20O2S. The largest absolute Gasteiger partial charge is 0.510 e. The molecule has 0 amide bonds. The van der Waals surface area contributed by atoms with Crippen molar-refractivity contribution in [3.63, 3.8) is 0 Å². The first-order valence-electron chi connectivity index (χ1n) is 6.55. The van der Waals surface area contributed by atoms with Gasteiger partial charge in [-0.05, 0) is 56.4 Å². The average Bonchev–Trinajstić information content (AvgIpc) is 2.50. The zero-order chi connectivity index (χ0) is 14.4. The Balaban J connectivity index is 2.67. The summed E-state index contributed by atoms with van der Waals surface area (Å²) in [6.45, 7) is 9.88. The standard InChI is InChI=1S/C16H20O2S/c1-6-11-7-9(2)12(10(3)8-11)13-14(17)16(4,5)19-15(13)18/h7-8,17H,6H2,1-5H3. The number of aliphatic hydroxyl groups is 1. The lowest BCUT2D eigenvalue weighted by Gasteiger charge is -2.16. The van der Waals surface area contributed by atoms with Crippen LogP contribution in [0.15, 0.2) is 17.9 Å². The highest BCUT2D eigenvalue weighted by Crippen LogP contribution is 2.46. The Labute approximate surface area is 118 Å². The van der Waals surface area contributed by atoms with Crippen LogP contribution in [0.2, 0.25) is 0 Å². The van der Waals surface area contributed by atoms with E-state index in [2.05, 4.69) is 19.1 Å². The lowest BCUT2D eigenvalue weighted by Crippen LogP contribution is -2.14. The van der Waals surface area contributed by atoms with E-state index in [0.29, 0.717) is 5.57 Å². The first-order valence-corrected chi connectivity index (χ1v) is 7.37. The molecule has 0 aromatic heterocycles. The van der Waals surface area contributed by atoms with Gasteiger partial charge in [-0.3, -0.25) is 4.79 Å². The van der Waals surface area contributed by atoms with Gasteiger partial charge >= 0.3 is 0 Å². The van der Waals surface area contributed by atoms with Crippen LogP contribution in [-0.2, 0) is 11.2 Å². The summed E-state index contributed by atoms with van der Waals surface area (Å²) in [5.41, 5.74) is 4.77. The number of carbonyl (C=O) groups excluding carboxylic acids is 1. The Hall–Kier alpha value is -1.22. The van der Waals surface area contributed by atoms with E-state index in [0.717, 1.165) is 23.1 Å². The van der Waals surface area contributed by atoms with Gasteiger partial charge in [0.25, 0.3) is 0 Å². The van der Waals surface area contributed by atoms with E-state index >= 15 is 0 Å². The Morgan fingerprint density at radius 3 is 2.11 bits per heavy atom. The molecule has 1 N–H and O–H groups in total. The summed E-state index contributed by atoms with van der Waals surface area (Å²) in [7, 11) is 0. The van der Waals surface area contributed by atoms with E-state index in [1.807, 2.05) is 27.7 Å². The molecule has 1 aliphatic heterocycles. The van der Waals surface area contributed by atoms with Crippen molar-refractivity contribution in [3.8, 4) is 0 Å². The minimum absolute atomic E-state index is 0.0297. The van der Waals surface area contributed by atoms with Crippen LogP contribution in [0.1, 0.15) is 43.0 Å². The highest BCUT2D eigenvalue weighted by atomic mass is 32.2. The zero-order valence-electron chi connectivity index (χ0n) is 12.1.